The zero-order valence-corrected chi connectivity index (χ0v) is 12.6. The molecule has 0 saturated heterocycles. The first-order valence-electron chi connectivity index (χ1n) is 7.38. The van der Waals surface area contributed by atoms with Gasteiger partial charge in [0.15, 0.2) is 0 Å². The molecule has 4 heteroatoms. The maximum absolute atomic E-state index is 11.7. The summed E-state index contributed by atoms with van der Waals surface area (Å²) < 4.78 is 1.66. The van der Waals surface area contributed by atoms with Gasteiger partial charge in [0.05, 0.1) is 12.6 Å². The smallest absolute Gasteiger partial charge is 0.331 e. The van der Waals surface area contributed by atoms with Crippen LogP contribution in [-0.2, 0) is 7.05 Å². The Labute approximate surface area is 132 Å². The fraction of sp³-hybridized carbons (Fsp3) is 0.0526. The van der Waals surface area contributed by atoms with Gasteiger partial charge in [-0.1, -0.05) is 54.6 Å². The molecular formula is C19H14N2O2. The van der Waals surface area contributed by atoms with Crippen LogP contribution >= 0.6 is 0 Å². The Hall–Kier alpha value is -3.14. The maximum atomic E-state index is 11.7. The molecule has 0 aliphatic rings. The molecule has 0 aliphatic carbocycles. The van der Waals surface area contributed by atoms with Gasteiger partial charge in [0.25, 0.3) is 0 Å². The number of hydrogen-bond donors (Lipinski definition) is 0. The Morgan fingerprint density at radius 1 is 0.870 bits per heavy atom. The lowest BCUT2D eigenvalue weighted by molar-refractivity contribution is -0.390. The van der Waals surface area contributed by atoms with E-state index in [0.29, 0.717) is 5.56 Å². The van der Waals surface area contributed by atoms with E-state index in [1.54, 1.807) is 11.6 Å². The summed E-state index contributed by atoms with van der Waals surface area (Å²) in [4.78, 5) is 11.4. The van der Waals surface area contributed by atoms with Crippen molar-refractivity contribution in [3.63, 3.8) is 0 Å². The third kappa shape index (κ3) is 1.92. The fourth-order valence-corrected chi connectivity index (χ4v) is 3.30. The minimum atomic E-state index is -0.295. The molecule has 4 aromatic rings. The van der Waals surface area contributed by atoms with Crippen LogP contribution in [0.2, 0.25) is 0 Å². The molecule has 0 saturated carbocycles. The molecule has 0 amide bonds. The molecule has 23 heavy (non-hydrogen) atoms. The first kappa shape index (κ1) is 13.5. The monoisotopic (exact) mass is 302 g/mol. The molecule has 0 bridgehead atoms. The zero-order chi connectivity index (χ0) is 16.0. The van der Waals surface area contributed by atoms with Crippen molar-refractivity contribution in [2.24, 2.45) is 7.05 Å². The van der Waals surface area contributed by atoms with Crippen LogP contribution in [0.4, 0.5) is 5.82 Å². The van der Waals surface area contributed by atoms with Gasteiger partial charge in [0.1, 0.15) is 5.52 Å². The second-order valence-corrected chi connectivity index (χ2v) is 5.56. The number of nitrogens with zero attached hydrogens (tertiary/aromatic N) is 2. The quantitative estimate of drug-likeness (QED) is 0.390. The number of rotatable bonds is 2. The topological polar surface area (TPSA) is 48.1 Å². The van der Waals surface area contributed by atoms with Crippen LogP contribution in [0.15, 0.2) is 66.7 Å². The normalized spacial score (nSPS) is 11.2. The lowest BCUT2D eigenvalue weighted by Crippen LogP contribution is -1.98. The molecule has 4 nitrogen and oxygen atoms in total. The van der Waals surface area contributed by atoms with E-state index < -0.39 is 0 Å². The van der Waals surface area contributed by atoms with E-state index in [-0.39, 0.29) is 10.7 Å². The molecule has 3 aromatic carbocycles. The number of nitro groups is 1. The molecule has 112 valence electrons. The Kier molecular flexibility index (Phi) is 2.91. The van der Waals surface area contributed by atoms with Crippen LogP contribution in [0.1, 0.15) is 0 Å². The summed E-state index contributed by atoms with van der Waals surface area (Å²) in [6.07, 6.45) is 0. The predicted molar refractivity (Wildman–Crippen MR) is 92.5 cm³/mol. The molecule has 0 N–H and O–H groups in total. The number of para-hydroxylation sites is 1. The number of hydrogen-bond acceptors (Lipinski definition) is 2. The van der Waals surface area contributed by atoms with Gasteiger partial charge in [0.2, 0.25) is 0 Å². The summed E-state index contributed by atoms with van der Waals surface area (Å²) in [5.74, 6) is 0.127. The fourth-order valence-electron chi connectivity index (χ4n) is 3.30. The molecule has 4 rings (SSSR count). The van der Waals surface area contributed by atoms with Crippen molar-refractivity contribution in [3.05, 3.63) is 76.8 Å². The van der Waals surface area contributed by atoms with Gasteiger partial charge in [-0.05, 0) is 33.4 Å². The van der Waals surface area contributed by atoms with E-state index in [1.807, 2.05) is 66.7 Å². The number of fused-ring (bicyclic) bond motifs is 2. The SMILES string of the molecule is Cn1c([N+](=O)[O-])c(-c2cccc3ccccc23)c2ccccc21. The summed E-state index contributed by atoms with van der Waals surface area (Å²) in [5.41, 5.74) is 2.44. The van der Waals surface area contributed by atoms with Crippen molar-refractivity contribution >= 4 is 27.5 Å². The molecule has 1 aromatic heterocycles. The minimum Gasteiger partial charge on any atom is -0.358 e. The highest BCUT2D eigenvalue weighted by Crippen LogP contribution is 2.41. The molecular weight excluding hydrogens is 288 g/mol. The standard InChI is InChI=1S/C19H14N2O2/c1-20-17-12-5-4-10-16(17)18(19(20)21(22)23)15-11-6-8-13-7-2-3-9-14(13)15/h2-12H,1H3. The molecule has 0 aliphatic heterocycles. The first-order chi connectivity index (χ1) is 11.2. The lowest BCUT2D eigenvalue weighted by atomic mass is 9.97. The summed E-state index contributed by atoms with van der Waals surface area (Å²) in [6.45, 7) is 0. The Bertz CT molecular complexity index is 1060. The van der Waals surface area contributed by atoms with Crippen molar-refractivity contribution in [2.75, 3.05) is 0 Å². The lowest BCUT2D eigenvalue weighted by Gasteiger charge is -2.06. The van der Waals surface area contributed by atoms with Crippen molar-refractivity contribution in [3.8, 4) is 11.1 Å². The summed E-state index contributed by atoms with van der Waals surface area (Å²) in [5, 5.41) is 14.7. The Morgan fingerprint density at radius 2 is 1.52 bits per heavy atom. The van der Waals surface area contributed by atoms with Crippen molar-refractivity contribution < 1.29 is 4.92 Å². The van der Waals surface area contributed by atoms with E-state index in [4.69, 9.17) is 0 Å². The van der Waals surface area contributed by atoms with Gasteiger partial charge < -0.3 is 10.1 Å². The minimum absolute atomic E-state index is 0.127. The van der Waals surface area contributed by atoms with Crippen LogP contribution < -0.4 is 0 Å². The van der Waals surface area contributed by atoms with E-state index in [9.17, 15) is 10.1 Å². The highest BCUT2D eigenvalue weighted by Gasteiger charge is 2.26. The second-order valence-electron chi connectivity index (χ2n) is 5.56. The van der Waals surface area contributed by atoms with Crippen molar-refractivity contribution in [2.45, 2.75) is 0 Å². The maximum Gasteiger partial charge on any atom is 0.331 e. The van der Waals surface area contributed by atoms with E-state index >= 15 is 0 Å². The third-order valence-corrected chi connectivity index (χ3v) is 4.31. The Morgan fingerprint density at radius 3 is 2.30 bits per heavy atom. The van der Waals surface area contributed by atoms with Gasteiger partial charge in [-0.25, -0.2) is 4.57 Å². The van der Waals surface area contributed by atoms with Crippen molar-refractivity contribution in [1.82, 2.24) is 4.57 Å². The van der Waals surface area contributed by atoms with E-state index in [0.717, 1.165) is 27.2 Å². The second kappa shape index (κ2) is 4.95. The Balaban J connectivity index is 2.21. The average Bonchev–Trinajstić information content (AvgIpc) is 2.88. The van der Waals surface area contributed by atoms with Gasteiger partial charge >= 0.3 is 5.82 Å². The average molecular weight is 302 g/mol. The molecule has 0 fully saturated rings. The predicted octanol–water partition coefficient (Wildman–Crippen LogP) is 4.91. The van der Waals surface area contributed by atoms with Crippen LogP contribution in [-0.4, -0.2) is 9.49 Å². The highest BCUT2D eigenvalue weighted by molar-refractivity contribution is 6.08. The molecule has 1 heterocycles. The van der Waals surface area contributed by atoms with Crippen LogP contribution in [0.3, 0.4) is 0 Å². The zero-order valence-electron chi connectivity index (χ0n) is 12.6. The van der Waals surface area contributed by atoms with Gasteiger partial charge in [-0.15, -0.1) is 0 Å². The van der Waals surface area contributed by atoms with Crippen LogP contribution in [0.5, 0.6) is 0 Å². The largest absolute Gasteiger partial charge is 0.358 e. The number of benzene rings is 3. The molecule has 0 spiro atoms. The number of aryl methyl sites for hydroxylation is 1. The van der Waals surface area contributed by atoms with E-state index in [1.165, 1.54) is 0 Å². The van der Waals surface area contributed by atoms with Crippen LogP contribution in [0.25, 0.3) is 32.8 Å². The van der Waals surface area contributed by atoms with Gasteiger partial charge in [0, 0.05) is 5.39 Å². The van der Waals surface area contributed by atoms with Gasteiger partial charge in [-0.2, -0.15) is 0 Å². The molecule has 0 unspecified atom stereocenters. The number of aromatic nitrogens is 1. The third-order valence-electron chi connectivity index (χ3n) is 4.31. The summed E-state index contributed by atoms with van der Waals surface area (Å²) >= 11 is 0. The first-order valence-corrected chi connectivity index (χ1v) is 7.38. The van der Waals surface area contributed by atoms with E-state index in [2.05, 4.69) is 0 Å². The van der Waals surface area contributed by atoms with Crippen LogP contribution in [0, 0.1) is 10.1 Å². The summed E-state index contributed by atoms with van der Waals surface area (Å²) in [6, 6.07) is 21.6. The summed E-state index contributed by atoms with van der Waals surface area (Å²) in [7, 11) is 1.75. The van der Waals surface area contributed by atoms with Crippen molar-refractivity contribution in [1.29, 1.82) is 0 Å². The van der Waals surface area contributed by atoms with Gasteiger partial charge in [-0.3, -0.25) is 0 Å². The molecule has 0 radical (unpaired) electrons. The molecule has 0 atom stereocenters. The highest BCUT2D eigenvalue weighted by atomic mass is 16.6.